The first-order valence-corrected chi connectivity index (χ1v) is 4.50. The molecule has 16 heavy (non-hydrogen) atoms. The van der Waals surface area contributed by atoms with Crippen LogP contribution in [0.3, 0.4) is 0 Å². The zero-order valence-corrected chi connectivity index (χ0v) is 8.47. The van der Waals surface area contributed by atoms with E-state index in [2.05, 4.69) is 4.98 Å². The summed E-state index contributed by atoms with van der Waals surface area (Å²) in [5, 5.41) is 9.38. The first kappa shape index (κ1) is 10.2. The van der Waals surface area contributed by atoms with Crippen molar-refractivity contribution in [2.24, 2.45) is 7.05 Å². The molecule has 0 aliphatic rings. The van der Waals surface area contributed by atoms with Gasteiger partial charge in [0, 0.05) is 18.6 Å². The highest BCUT2D eigenvalue weighted by Crippen LogP contribution is 2.19. The average Bonchev–Trinajstić information content (AvgIpc) is 2.26. The lowest BCUT2D eigenvalue weighted by Gasteiger charge is -2.08. The summed E-state index contributed by atoms with van der Waals surface area (Å²) in [6.45, 7) is 0. The molecule has 3 N–H and O–H groups in total. The van der Waals surface area contributed by atoms with Crippen LogP contribution in [0.4, 0.5) is 5.69 Å². The van der Waals surface area contributed by atoms with Crippen LogP contribution < -0.4 is 11.3 Å². The van der Waals surface area contributed by atoms with Crippen LogP contribution in [0, 0.1) is 0 Å². The Morgan fingerprint density at radius 3 is 2.88 bits per heavy atom. The number of carboxylic acids is 1. The van der Waals surface area contributed by atoms with Crippen molar-refractivity contribution in [3.05, 3.63) is 34.2 Å². The first-order chi connectivity index (χ1) is 7.54. The van der Waals surface area contributed by atoms with E-state index in [0.717, 1.165) is 0 Å². The maximum atomic E-state index is 11.7. The molecule has 2 rings (SSSR count). The lowest BCUT2D eigenvalue weighted by Crippen LogP contribution is -2.26. The van der Waals surface area contributed by atoms with Gasteiger partial charge < -0.3 is 10.8 Å². The number of aryl methyl sites for hydroxylation is 1. The highest BCUT2D eigenvalue weighted by atomic mass is 16.4. The number of carbonyl (C=O) groups is 1. The largest absolute Gasteiger partial charge is 0.477 e. The van der Waals surface area contributed by atoms with Crippen molar-refractivity contribution in [3.8, 4) is 0 Å². The summed E-state index contributed by atoms with van der Waals surface area (Å²) in [6, 6.07) is 3.26. The van der Waals surface area contributed by atoms with Gasteiger partial charge in [0.1, 0.15) is 11.2 Å². The molecule has 0 radical (unpaired) electrons. The Bertz CT molecular complexity index is 646. The number of hydrogen-bond donors (Lipinski definition) is 2. The number of nitrogens with zero attached hydrogens (tertiary/aromatic N) is 2. The van der Waals surface area contributed by atoms with E-state index in [9.17, 15) is 9.59 Å². The van der Waals surface area contributed by atoms with Gasteiger partial charge in [0.15, 0.2) is 0 Å². The van der Waals surface area contributed by atoms with Gasteiger partial charge in [-0.25, -0.2) is 9.78 Å². The Kier molecular flexibility index (Phi) is 2.12. The molecule has 0 atom stereocenters. The Morgan fingerprint density at radius 1 is 1.56 bits per heavy atom. The minimum absolute atomic E-state index is 0.0429. The molecule has 0 bridgehead atoms. The third-order valence-corrected chi connectivity index (χ3v) is 2.40. The number of rotatable bonds is 1. The Balaban J connectivity index is 3.07. The molecule has 0 fully saturated rings. The number of fused-ring (bicyclic) bond motifs is 1. The maximum absolute atomic E-state index is 11.7. The fourth-order valence-corrected chi connectivity index (χ4v) is 1.59. The third kappa shape index (κ3) is 1.23. The van der Waals surface area contributed by atoms with E-state index in [-0.39, 0.29) is 5.69 Å². The summed E-state index contributed by atoms with van der Waals surface area (Å²) in [7, 11) is 1.46. The number of aromatic nitrogens is 2. The second-order valence-corrected chi connectivity index (χ2v) is 3.33. The molecule has 2 heterocycles. The molecule has 82 valence electrons. The van der Waals surface area contributed by atoms with Gasteiger partial charge in [0.05, 0.1) is 5.69 Å². The van der Waals surface area contributed by atoms with Crippen LogP contribution in [0.1, 0.15) is 10.4 Å². The van der Waals surface area contributed by atoms with E-state index in [1.165, 1.54) is 17.8 Å². The van der Waals surface area contributed by atoms with Gasteiger partial charge in [-0.1, -0.05) is 0 Å². The van der Waals surface area contributed by atoms with Gasteiger partial charge in [-0.05, 0) is 12.1 Å². The lowest BCUT2D eigenvalue weighted by molar-refractivity contribution is 0.0696. The Hall–Kier alpha value is -2.37. The van der Waals surface area contributed by atoms with Gasteiger partial charge in [0.25, 0.3) is 5.56 Å². The molecule has 0 aromatic carbocycles. The van der Waals surface area contributed by atoms with Crippen LogP contribution in [0.25, 0.3) is 11.0 Å². The predicted octanol–water partition coefficient (Wildman–Crippen LogP) is 0.214. The van der Waals surface area contributed by atoms with Crippen LogP contribution in [0.2, 0.25) is 0 Å². The van der Waals surface area contributed by atoms with Crippen LogP contribution in [-0.2, 0) is 7.05 Å². The number of pyridine rings is 2. The summed E-state index contributed by atoms with van der Waals surface area (Å²) >= 11 is 0. The number of aromatic carboxylic acids is 1. The molecule has 0 spiro atoms. The van der Waals surface area contributed by atoms with Gasteiger partial charge in [-0.3, -0.25) is 9.36 Å². The molecular weight excluding hydrogens is 210 g/mol. The monoisotopic (exact) mass is 219 g/mol. The fourth-order valence-electron chi connectivity index (χ4n) is 1.59. The molecule has 0 amide bonds. The van der Waals surface area contributed by atoms with Crippen LogP contribution >= 0.6 is 0 Å². The molecule has 0 aliphatic carbocycles. The number of hydrogen-bond acceptors (Lipinski definition) is 4. The summed E-state index contributed by atoms with van der Waals surface area (Å²) in [4.78, 5) is 26.6. The molecule has 0 aliphatic heterocycles. The summed E-state index contributed by atoms with van der Waals surface area (Å²) in [6.07, 6.45) is 1.52. The Labute approximate surface area is 89.9 Å². The van der Waals surface area contributed by atoms with E-state index < -0.39 is 17.1 Å². The standard InChI is InChI=1S/C10H9N3O3/c1-13-8-5(3-2-4-12-8)7(11)6(9(13)14)10(15)16/h2-4H,11H2,1H3,(H,15,16). The van der Waals surface area contributed by atoms with Gasteiger partial charge in [-0.2, -0.15) is 0 Å². The number of nitrogens with two attached hydrogens (primary N) is 1. The van der Waals surface area contributed by atoms with Gasteiger partial charge in [-0.15, -0.1) is 0 Å². The van der Waals surface area contributed by atoms with Crippen molar-refractivity contribution in [2.45, 2.75) is 0 Å². The highest BCUT2D eigenvalue weighted by molar-refractivity contribution is 6.02. The van der Waals surface area contributed by atoms with Crippen LogP contribution in [0.15, 0.2) is 23.1 Å². The smallest absolute Gasteiger partial charge is 0.343 e. The Morgan fingerprint density at radius 2 is 2.25 bits per heavy atom. The zero-order valence-electron chi connectivity index (χ0n) is 8.47. The number of nitrogen functional groups attached to an aromatic ring is 1. The predicted molar refractivity (Wildman–Crippen MR) is 58.4 cm³/mol. The highest BCUT2D eigenvalue weighted by Gasteiger charge is 2.18. The van der Waals surface area contributed by atoms with Crippen molar-refractivity contribution in [2.75, 3.05) is 5.73 Å². The molecule has 6 heteroatoms. The molecule has 2 aromatic heterocycles. The molecule has 0 saturated heterocycles. The zero-order chi connectivity index (χ0) is 11.9. The van der Waals surface area contributed by atoms with E-state index in [0.29, 0.717) is 11.0 Å². The minimum Gasteiger partial charge on any atom is -0.477 e. The molecule has 0 saturated carbocycles. The summed E-state index contributed by atoms with van der Waals surface area (Å²) in [5.41, 5.74) is 4.91. The number of carboxylic acid groups (broad SMARTS) is 1. The average molecular weight is 219 g/mol. The van der Waals surface area contributed by atoms with E-state index in [1.807, 2.05) is 0 Å². The summed E-state index contributed by atoms with van der Waals surface area (Å²) < 4.78 is 1.18. The summed E-state index contributed by atoms with van der Waals surface area (Å²) in [5.74, 6) is -1.33. The molecular formula is C10H9N3O3. The fraction of sp³-hybridized carbons (Fsp3) is 0.100. The molecule has 2 aromatic rings. The van der Waals surface area contributed by atoms with Crippen molar-refractivity contribution in [1.29, 1.82) is 0 Å². The van der Waals surface area contributed by atoms with Crippen LogP contribution in [0.5, 0.6) is 0 Å². The second kappa shape index (κ2) is 3.34. The molecule has 6 nitrogen and oxygen atoms in total. The van der Waals surface area contributed by atoms with Gasteiger partial charge in [0.2, 0.25) is 0 Å². The normalized spacial score (nSPS) is 10.6. The van der Waals surface area contributed by atoms with Crippen LogP contribution in [-0.4, -0.2) is 20.6 Å². The quantitative estimate of drug-likeness (QED) is 0.714. The number of anilines is 1. The topological polar surface area (TPSA) is 98.2 Å². The van der Waals surface area contributed by atoms with Gasteiger partial charge >= 0.3 is 5.97 Å². The minimum atomic E-state index is -1.33. The first-order valence-electron chi connectivity index (χ1n) is 4.50. The van der Waals surface area contributed by atoms with Crippen molar-refractivity contribution >= 4 is 22.7 Å². The molecule has 0 unspecified atom stereocenters. The van der Waals surface area contributed by atoms with E-state index in [4.69, 9.17) is 10.8 Å². The maximum Gasteiger partial charge on any atom is 0.343 e. The second-order valence-electron chi connectivity index (χ2n) is 3.33. The van der Waals surface area contributed by atoms with E-state index >= 15 is 0 Å². The van der Waals surface area contributed by atoms with Crippen molar-refractivity contribution in [1.82, 2.24) is 9.55 Å². The SMILES string of the molecule is Cn1c(=O)c(C(=O)O)c(N)c2cccnc21. The third-order valence-electron chi connectivity index (χ3n) is 2.40. The lowest BCUT2D eigenvalue weighted by atomic mass is 10.1. The van der Waals surface area contributed by atoms with E-state index in [1.54, 1.807) is 12.1 Å². The van der Waals surface area contributed by atoms with Crippen molar-refractivity contribution < 1.29 is 9.90 Å². The van der Waals surface area contributed by atoms with Crippen molar-refractivity contribution in [3.63, 3.8) is 0 Å².